The Morgan fingerprint density at radius 2 is 2.09 bits per heavy atom. The van der Waals surface area contributed by atoms with Gasteiger partial charge in [-0.05, 0) is 20.8 Å². The van der Waals surface area contributed by atoms with Gasteiger partial charge in [0.05, 0.1) is 0 Å². The number of hydrogen-bond donors (Lipinski definition) is 1. The van der Waals surface area contributed by atoms with Crippen molar-refractivity contribution in [2.24, 2.45) is 0 Å². The molecule has 0 fully saturated rings. The first-order chi connectivity index (χ1) is 4.99. The first-order valence-corrected chi connectivity index (χ1v) is 3.76. The molecule has 0 bridgehead atoms. The monoisotopic (exact) mass is 172 g/mol. The fourth-order valence-corrected chi connectivity index (χ4v) is 1.54. The van der Waals surface area contributed by atoms with Crippen LogP contribution in [0.4, 0.5) is 0 Å². The second kappa shape index (κ2) is 2.48. The number of hydrogen-bond acceptors (Lipinski definition) is 3. The molecule has 0 amide bonds. The molecular formula is C8H12O2S. The summed E-state index contributed by atoms with van der Waals surface area (Å²) in [5, 5.41) is 0. The SMILES string of the molecule is C=C1OC(C)(C)C(OS)=C1C. The minimum absolute atomic E-state index is 0.414. The van der Waals surface area contributed by atoms with E-state index >= 15 is 0 Å². The predicted molar refractivity (Wildman–Crippen MR) is 47.1 cm³/mol. The predicted octanol–water partition coefficient (Wildman–Crippen LogP) is 2.44. The van der Waals surface area contributed by atoms with Crippen molar-refractivity contribution in [1.82, 2.24) is 0 Å². The summed E-state index contributed by atoms with van der Waals surface area (Å²) in [6.45, 7) is 9.47. The van der Waals surface area contributed by atoms with E-state index in [-0.39, 0.29) is 0 Å². The van der Waals surface area contributed by atoms with E-state index in [1.54, 1.807) is 0 Å². The molecule has 0 aromatic carbocycles. The largest absolute Gasteiger partial charge is 0.480 e. The summed E-state index contributed by atoms with van der Waals surface area (Å²) in [6.07, 6.45) is 0. The van der Waals surface area contributed by atoms with Gasteiger partial charge >= 0.3 is 0 Å². The minimum atomic E-state index is -0.414. The van der Waals surface area contributed by atoms with Gasteiger partial charge in [0.25, 0.3) is 0 Å². The maximum atomic E-state index is 5.42. The number of ether oxygens (including phenoxy) is 1. The van der Waals surface area contributed by atoms with Gasteiger partial charge in [-0.2, -0.15) is 0 Å². The summed E-state index contributed by atoms with van der Waals surface area (Å²) in [5.74, 6) is 1.41. The van der Waals surface area contributed by atoms with Crippen LogP contribution in [-0.2, 0) is 8.92 Å². The third-order valence-corrected chi connectivity index (χ3v) is 1.96. The summed E-state index contributed by atoms with van der Waals surface area (Å²) < 4.78 is 10.3. The summed E-state index contributed by atoms with van der Waals surface area (Å²) in [6, 6.07) is 0. The Balaban J connectivity index is 3.06. The maximum Gasteiger partial charge on any atom is 0.163 e. The second-order valence-corrected chi connectivity index (χ2v) is 3.26. The molecule has 11 heavy (non-hydrogen) atoms. The van der Waals surface area contributed by atoms with Gasteiger partial charge in [0, 0.05) is 18.5 Å². The molecule has 2 nitrogen and oxygen atoms in total. The molecule has 1 rings (SSSR count). The molecule has 3 heteroatoms. The van der Waals surface area contributed by atoms with Crippen LogP contribution < -0.4 is 0 Å². The lowest BCUT2D eigenvalue weighted by atomic mass is 10.1. The van der Waals surface area contributed by atoms with Crippen molar-refractivity contribution in [1.29, 1.82) is 0 Å². The van der Waals surface area contributed by atoms with Crippen molar-refractivity contribution in [3.05, 3.63) is 23.7 Å². The Labute approximate surface area is 72.5 Å². The van der Waals surface area contributed by atoms with Gasteiger partial charge in [0.1, 0.15) is 5.76 Å². The van der Waals surface area contributed by atoms with E-state index in [9.17, 15) is 0 Å². The van der Waals surface area contributed by atoms with Gasteiger partial charge in [0.2, 0.25) is 0 Å². The number of allylic oxidation sites excluding steroid dienone is 1. The molecule has 0 saturated heterocycles. The highest BCUT2D eigenvalue weighted by Crippen LogP contribution is 2.37. The molecule has 62 valence electrons. The van der Waals surface area contributed by atoms with E-state index in [0.29, 0.717) is 5.76 Å². The number of rotatable bonds is 1. The Morgan fingerprint density at radius 1 is 1.55 bits per heavy atom. The molecule has 0 atom stereocenters. The van der Waals surface area contributed by atoms with Crippen molar-refractivity contribution in [2.75, 3.05) is 0 Å². The van der Waals surface area contributed by atoms with Crippen LogP contribution in [0.3, 0.4) is 0 Å². The average molecular weight is 172 g/mol. The van der Waals surface area contributed by atoms with Crippen LogP contribution in [0.1, 0.15) is 20.8 Å². The molecule has 0 aromatic rings. The first kappa shape index (κ1) is 8.53. The highest BCUT2D eigenvalue weighted by atomic mass is 32.1. The molecule has 0 N–H and O–H groups in total. The van der Waals surface area contributed by atoms with E-state index in [0.717, 1.165) is 11.3 Å². The van der Waals surface area contributed by atoms with Crippen LogP contribution in [0.5, 0.6) is 0 Å². The zero-order chi connectivity index (χ0) is 8.65. The third kappa shape index (κ3) is 1.25. The molecular weight excluding hydrogens is 160 g/mol. The molecule has 1 heterocycles. The third-order valence-electron chi connectivity index (χ3n) is 1.78. The average Bonchev–Trinajstić information content (AvgIpc) is 2.03. The Morgan fingerprint density at radius 3 is 2.27 bits per heavy atom. The Kier molecular flexibility index (Phi) is 1.92. The highest BCUT2D eigenvalue weighted by Gasteiger charge is 2.36. The van der Waals surface area contributed by atoms with Gasteiger partial charge in [-0.1, -0.05) is 6.58 Å². The van der Waals surface area contributed by atoms with Crippen molar-refractivity contribution in [2.45, 2.75) is 26.4 Å². The van der Waals surface area contributed by atoms with Crippen molar-refractivity contribution in [3.8, 4) is 0 Å². The van der Waals surface area contributed by atoms with Crippen LogP contribution in [0, 0.1) is 0 Å². The van der Waals surface area contributed by atoms with E-state index in [2.05, 4.69) is 19.5 Å². The van der Waals surface area contributed by atoms with Gasteiger partial charge in [-0.3, -0.25) is 0 Å². The van der Waals surface area contributed by atoms with E-state index < -0.39 is 5.60 Å². The summed E-state index contributed by atoms with van der Waals surface area (Å²) in [4.78, 5) is 0. The van der Waals surface area contributed by atoms with Crippen LogP contribution in [-0.4, -0.2) is 5.60 Å². The van der Waals surface area contributed by atoms with Crippen LogP contribution in [0.15, 0.2) is 23.7 Å². The van der Waals surface area contributed by atoms with Crippen molar-refractivity contribution >= 4 is 12.9 Å². The van der Waals surface area contributed by atoms with Gasteiger partial charge in [0.15, 0.2) is 11.4 Å². The quantitative estimate of drug-likeness (QED) is 0.484. The van der Waals surface area contributed by atoms with Gasteiger partial charge in [-0.25, -0.2) is 0 Å². The smallest absolute Gasteiger partial charge is 0.163 e. The molecule has 0 saturated carbocycles. The van der Waals surface area contributed by atoms with Crippen LogP contribution in [0.25, 0.3) is 0 Å². The fraction of sp³-hybridized carbons (Fsp3) is 0.500. The molecule has 0 spiro atoms. The zero-order valence-corrected chi connectivity index (χ0v) is 7.87. The topological polar surface area (TPSA) is 18.5 Å². The van der Waals surface area contributed by atoms with Gasteiger partial charge < -0.3 is 8.92 Å². The van der Waals surface area contributed by atoms with Gasteiger partial charge in [-0.15, -0.1) is 0 Å². The lowest BCUT2D eigenvalue weighted by molar-refractivity contribution is 0.0697. The summed E-state index contributed by atoms with van der Waals surface area (Å²) in [7, 11) is 0. The molecule has 0 aliphatic carbocycles. The van der Waals surface area contributed by atoms with E-state index in [1.165, 1.54) is 0 Å². The van der Waals surface area contributed by atoms with Crippen molar-refractivity contribution < 1.29 is 8.92 Å². The van der Waals surface area contributed by atoms with Crippen molar-refractivity contribution in [3.63, 3.8) is 0 Å². The molecule has 0 unspecified atom stereocenters. The Bertz CT molecular complexity index is 228. The maximum absolute atomic E-state index is 5.42. The normalized spacial score (nSPS) is 22.0. The minimum Gasteiger partial charge on any atom is -0.480 e. The second-order valence-electron chi connectivity index (χ2n) is 3.08. The summed E-state index contributed by atoms with van der Waals surface area (Å²) in [5.41, 5.74) is 0.521. The summed E-state index contributed by atoms with van der Waals surface area (Å²) >= 11 is 3.75. The van der Waals surface area contributed by atoms with E-state index in [4.69, 9.17) is 8.92 Å². The lowest BCUT2D eigenvalue weighted by Gasteiger charge is -2.19. The number of thiol groups is 1. The van der Waals surface area contributed by atoms with E-state index in [1.807, 2.05) is 20.8 Å². The Hall–Kier alpha value is -0.570. The van der Waals surface area contributed by atoms with Crippen LogP contribution in [0.2, 0.25) is 0 Å². The first-order valence-electron chi connectivity index (χ1n) is 3.40. The standard InChI is InChI=1S/C8H12O2S/c1-5-6(2)9-8(3,4)7(5)10-11/h11H,2H2,1,3-4H3. The fourth-order valence-electron chi connectivity index (χ4n) is 1.19. The molecule has 1 aliphatic rings. The molecule has 0 aromatic heterocycles. The zero-order valence-electron chi connectivity index (χ0n) is 6.97. The van der Waals surface area contributed by atoms with Crippen LogP contribution >= 0.6 is 12.9 Å². The molecule has 1 aliphatic heterocycles. The lowest BCUT2D eigenvalue weighted by Crippen LogP contribution is -2.21. The molecule has 0 radical (unpaired) electrons. The highest BCUT2D eigenvalue weighted by molar-refractivity contribution is 7.75.